The fourth-order valence-corrected chi connectivity index (χ4v) is 4.93. The second-order valence-corrected chi connectivity index (χ2v) is 7.79. The molecule has 1 heterocycles. The van der Waals surface area contributed by atoms with E-state index in [0.29, 0.717) is 0 Å². The number of rotatable bonds is 5. The number of anilines is 1. The van der Waals surface area contributed by atoms with E-state index in [0.717, 1.165) is 24.4 Å². The first-order chi connectivity index (χ1) is 13.1. The Hall–Kier alpha value is -2.61. The van der Waals surface area contributed by atoms with Crippen LogP contribution in [0.15, 0.2) is 72.4 Å². The number of hydrogen-bond donors (Lipinski definition) is 1. The van der Waals surface area contributed by atoms with Gasteiger partial charge in [-0.1, -0.05) is 48.6 Å². The molecule has 0 aliphatic heterocycles. The Morgan fingerprint density at radius 2 is 1.93 bits per heavy atom. The van der Waals surface area contributed by atoms with Crippen molar-refractivity contribution in [2.24, 2.45) is 0 Å². The van der Waals surface area contributed by atoms with E-state index >= 15 is 0 Å². The third kappa shape index (κ3) is 3.14. The summed E-state index contributed by atoms with van der Waals surface area (Å²) in [6.45, 7) is 8.97. The molecule has 0 saturated carbocycles. The predicted molar refractivity (Wildman–Crippen MR) is 114 cm³/mol. The number of nitrogens with one attached hydrogen (secondary N) is 1. The molecule has 1 atom stereocenters. The Balaban J connectivity index is 1.68. The monoisotopic (exact) mass is 356 g/mol. The Kier molecular flexibility index (Phi) is 4.73. The van der Waals surface area contributed by atoms with E-state index in [-0.39, 0.29) is 5.41 Å². The van der Waals surface area contributed by atoms with E-state index < -0.39 is 0 Å². The van der Waals surface area contributed by atoms with Crippen LogP contribution >= 0.6 is 0 Å². The van der Waals surface area contributed by atoms with E-state index in [1.165, 1.54) is 41.6 Å². The molecule has 0 fully saturated rings. The quantitative estimate of drug-likeness (QED) is 0.661. The second-order valence-electron chi connectivity index (χ2n) is 7.79. The number of fused-ring (bicyclic) bond motifs is 2. The smallest absolute Gasteiger partial charge is 0.0597 e. The minimum absolute atomic E-state index is 0.194. The molecule has 2 nitrogen and oxygen atoms in total. The average molecular weight is 357 g/mol. The summed E-state index contributed by atoms with van der Waals surface area (Å²) in [6.07, 6.45) is 11.0. The van der Waals surface area contributed by atoms with Crippen molar-refractivity contribution in [3.8, 4) is 0 Å². The molecular weight excluding hydrogens is 328 g/mol. The molecule has 2 heteroatoms. The van der Waals surface area contributed by atoms with Gasteiger partial charge in [0.05, 0.1) is 12.2 Å². The van der Waals surface area contributed by atoms with Crippen molar-refractivity contribution in [3.63, 3.8) is 0 Å². The van der Waals surface area contributed by atoms with Gasteiger partial charge in [0.15, 0.2) is 0 Å². The molecule has 0 bridgehead atoms. The first kappa shape index (κ1) is 17.8. The molecule has 1 aromatic heterocycles. The molecule has 2 aliphatic rings. The first-order valence-corrected chi connectivity index (χ1v) is 9.92. The summed E-state index contributed by atoms with van der Waals surface area (Å²) in [4.78, 5) is 4.64. The molecule has 1 aromatic carbocycles. The Bertz CT molecular complexity index is 935. The fraction of sp³-hybridized carbons (Fsp3) is 0.320. The molecule has 1 spiro atoms. The Morgan fingerprint density at radius 1 is 1.11 bits per heavy atom. The maximum Gasteiger partial charge on any atom is 0.0597 e. The highest BCUT2D eigenvalue weighted by Gasteiger charge is 2.45. The van der Waals surface area contributed by atoms with Gasteiger partial charge in [-0.2, -0.15) is 0 Å². The first-order valence-electron chi connectivity index (χ1n) is 9.92. The number of aryl methyl sites for hydroxylation is 2. The molecule has 0 radical (unpaired) electrons. The number of allylic oxidation sites excluding steroid dienone is 5. The highest BCUT2D eigenvalue weighted by Crippen LogP contribution is 2.55. The normalized spacial score (nSPS) is 21.3. The van der Waals surface area contributed by atoms with Crippen molar-refractivity contribution < 1.29 is 0 Å². The summed E-state index contributed by atoms with van der Waals surface area (Å²) in [5.74, 6) is 0. The lowest BCUT2D eigenvalue weighted by molar-refractivity contribution is 0.494. The van der Waals surface area contributed by atoms with E-state index in [1.807, 2.05) is 19.1 Å². The van der Waals surface area contributed by atoms with Crippen molar-refractivity contribution in [2.45, 2.75) is 51.5 Å². The third-order valence-electron chi connectivity index (χ3n) is 6.31. The lowest BCUT2D eigenvalue weighted by atomic mass is 9.75. The van der Waals surface area contributed by atoms with E-state index in [2.05, 4.69) is 66.3 Å². The topological polar surface area (TPSA) is 24.9 Å². The van der Waals surface area contributed by atoms with E-state index in [1.54, 1.807) is 5.57 Å². The number of hydrogen-bond acceptors (Lipinski definition) is 2. The molecule has 0 unspecified atom stereocenters. The maximum absolute atomic E-state index is 4.64. The van der Waals surface area contributed by atoms with Gasteiger partial charge in [0.1, 0.15) is 0 Å². The second kappa shape index (κ2) is 7.19. The zero-order chi connectivity index (χ0) is 18.9. The summed E-state index contributed by atoms with van der Waals surface area (Å²) in [7, 11) is 0. The van der Waals surface area contributed by atoms with Crippen molar-refractivity contribution >= 4 is 5.69 Å². The van der Waals surface area contributed by atoms with Gasteiger partial charge in [0.25, 0.3) is 0 Å². The van der Waals surface area contributed by atoms with Gasteiger partial charge in [-0.05, 0) is 74.4 Å². The highest BCUT2D eigenvalue weighted by molar-refractivity contribution is 5.65. The third-order valence-corrected chi connectivity index (χ3v) is 6.31. The van der Waals surface area contributed by atoms with Crippen LogP contribution in [-0.2, 0) is 18.4 Å². The summed E-state index contributed by atoms with van der Waals surface area (Å²) >= 11 is 0. The summed E-state index contributed by atoms with van der Waals surface area (Å²) < 4.78 is 0. The number of nitrogens with zero attached hydrogens (tertiary/aromatic N) is 1. The summed E-state index contributed by atoms with van der Waals surface area (Å²) in [6, 6.07) is 13.0. The van der Waals surface area contributed by atoms with Crippen LogP contribution in [-0.4, -0.2) is 4.98 Å². The molecule has 0 amide bonds. The van der Waals surface area contributed by atoms with Crippen molar-refractivity contribution in [3.05, 3.63) is 94.9 Å². The highest BCUT2D eigenvalue weighted by atomic mass is 14.9. The fourth-order valence-electron chi connectivity index (χ4n) is 4.93. The zero-order valence-corrected chi connectivity index (χ0v) is 16.4. The molecule has 27 heavy (non-hydrogen) atoms. The van der Waals surface area contributed by atoms with Crippen LogP contribution in [0.2, 0.25) is 0 Å². The summed E-state index contributed by atoms with van der Waals surface area (Å²) in [5.41, 5.74) is 9.69. The lowest BCUT2D eigenvalue weighted by Gasteiger charge is -2.30. The van der Waals surface area contributed by atoms with Crippen LogP contribution < -0.4 is 5.32 Å². The van der Waals surface area contributed by atoms with Crippen LogP contribution in [0.3, 0.4) is 0 Å². The molecule has 2 aromatic rings. The van der Waals surface area contributed by atoms with Gasteiger partial charge in [-0.15, -0.1) is 0 Å². The maximum atomic E-state index is 4.64. The number of pyridine rings is 1. The van der Waals surface area contributed by atoms with Crippen LogP contribution in [0.5, 0.6) is 0 Å². The molecule has 138 valence electrons. The molecule has 1 N–H and O–H groups in total. The summed E-state index contributed by atoms with van der Waals surface area (Å²) in [5, 5.41) is 3.70. The van der Waals surface area contributed by atoms with Gasteiger partial charge in [0, 0.05) is 16.8 Å². The number of aromatic nitrogens is 1. The van der Waals surface area contributed by atoms with Crippen molar-refractivity contribution in [1.82, 2.24) is 4.98 Å². The van der Waals surface area contributed by atoms with Crippen molar-refractivity contribution in [2.75, 3.05) is 5.32 Å². The van der Waals surface area contributed by atoms with Gasteiger partial charge >= 0.3 is 0 Å². The largest absolute Gasteiger partial charge is 0.379 e. The van der Waals surface area contributed by atoms with E-state index in [4.69, 9.17) is 0 Å². The lowest BCUT2D eigenvalue weighted by Crippen LogP contribution is -2.23. The minimum atomic E-state index is 0.194. The molecule has 2 aliphatic carbocycles. The van der Waals surface area contributed by atoms with E-state index in [9.17, 15) is 0 Å². The molecule has 0 saturated heterocycles. The van der Waals surface area contributed by atoms with Crippen LogP contribution in [0.1, 0.15) is 48.7 Å². The van der Waals surface area contributed by atoms with Gasteiger partial charge < -0.3 is 5.32 Å². The van der Waals surface area contributed by atoms with Crippen LogP contribution in [0.4, 0.5) is 5.69 Å². The van der Waals surface area contributed by atoms with Crippen LogP contribution in [0, 0.1) is 6.92 Å². The number of benzene rings is 1. The van der Waals surface area contributed by atoms with Crippen molar-refractivity contribution in [1.29, 1.82) is 0 Å². The molecular formula is C25H28N2. The zero-order valence-electron chi connectivity index (χ0n) is 16.4. The van der Waals surface area contributed by atoms with Crippen LogP contribution in [0.25, 0.3) is 0 Å². The van der Waals surface area contributed by atoms with Gasteiger partial charge in [-0.25, -0.2) is 0 Å². The van der Waals surface area contributed by atoms with Gasteiger partial charge in [-0.3, -0.25) is 4.98 Å². The standard InChI is InChI=1S/C25H28N2/c1-4-5-9-20-13-15-25(19(20)3)16-14-21-10-7-12-23(24(21)25)26-17-22-11-6-8-18(2)27-22/h4-12,26H,1,13-17H2,2-3H3/b9-5-/t25-/m1/s1. The average Bonchev–Trinajstić information content (AvgIpc) is 3.21. The SMILES string of the molecule is C=C/C=C\C1=C(C)[C@@]2(CC1)CCc1cccc(NCc3cccc(C)n3)c12. The predicted octanol–water partition coefficient (Wildman–Crippen LogP) is 6.04. The Morgan fingerprint density at radius 3 is 2.74 bits per heavy atom. The Labute approximate surface area is 162 Å². The molecule has 4 rings (SSSR count). The minimum Gasteiger partial charge on any atom is -0.379 e. The van der Waals surface area contributed by atoms with Gasteiger partial charge in [0.2, 0.25) is 0 Å².